The van der Waals surface area contributed by atoms with E-state index in [-0.39, 0.29) is 17.9 Å². The van der Waals surface area contributed by atoms with Crippen molar-refractivity contribution in [3.05, 3.63) is 89.5 Å². The van der Waals surface area contributed by atoms with Gasteiger partial charge in [-0.1, -0.05) is 48.2 Å². The number of nitriles is 1. The normalized spacial score (nSPS) is 12.6. The first-order chi connectivity index (χ1) is 14.7. The zero-order valence-corrected chi connectivity index (χ0v) is 16.9. The molecule has 5 nitrogen and oxygen atoms in total. The van der Waals surface area contributed by atoms with Crippen LogP contribution >= 0.6 is 11.8 Å². The monoisotopic (exact) mass is 413 g/mol. The van der Waals surface area contributed by atoms with Crippen LogP contribution in [0.2, 0.25) is 0 Å². The molecular weight excluding hydrogens is 394 g/mol. The van der Waals surface area contributed by atoms with Gasteiger partial charge >= 0.3 is 0 Å². The van der Waals surface area contributed by atoms with Crippen molar-refractivity contribution in [2.45, 2.75) is 28.7 Å². The maximum absolute atomic E-state index is 13.1. The molecule has 1 fully saturated rings. The van der Waals surface area contributed by atoms with Gasteiger partial charge in [0.05, 0.1) is 22.4 Å². The number of nitrogens with zero attached hydrogens (tertiary/aromatic N) is 1. The molecule has 0 heterocycles. The highest BCUT2D eigenvalue weighted by Gasteiger charge is 2.25. The fraction of sp³-hybridized carbons (Fsp3) is 0.125. The SMILES string of the molecule is N#Cc1ccccc1Sc1ccccc1C(=O)Nc1ccccc1C(=O)NC1CC1. The summed E-state index contributed by atoms with van der Waals surface area (Å²) in [6, 6.07) is 23.9. The van der Waals surface area contributed by atoms with E-state index in [0.717, 1.165) is 22.6 Å². The molecule has 0 radical (unpaired) electrons. The summed E-state index contributed by atoms with van der Waals surface area (Å²) in [6.45, 7) is 0. The minimum absolute atomic E-state index is 0.181. The molecule has 1 saturated carbocycles. The second-order valence-electron chi connectivity index (χ2n) is 6.95. The third kappa shape index (κ3) is 4.53. The Kier molecular flexibility index (Phi) is 5.82. The van der Waals surface area contributed by atoms with Gasteiger partial charge in [-0.3, -0.25) is 9.59 Å². The molecule has 0 spiro atoms. The van der Waals surface area contributed by atoms with Gasteiger partial charge in [0.2, 0.25) is 0 Å². The van der Waals surface area contributed by atoms with Crippen molar-refractivity contribution in [3.63, 3.8) is 0 Å². The third-order valence-electron chi connectivity index (χ3n) is 4.69. The third-order valence-corrected chi connectivity index (χ3v) is 5.84. The van der Waals surface area contributed by atoms with Gasteiger partial charge in [-0.2, -0.15) is 5.26 Å². The molecule has 148 valence electrons. The van der Waals surface area contributed by atoms with E-state index in [2.05, 4.69) is 16.7 Å². The van der Waals surface area contributed by atoms with E-state index in [9.17, 15) is 14.9 Å². The maximum atomic E-state index is 13.1. The number of anilines is 1. The molecule has 0 aromatic heterocycles. The first kappa shape index (κ1) is 19.7. The fourth-order valence-electron chi connectivity index (χ4n) is 2.98. The molecule has 0 aliphatic heterocycles. The van der Waals surface area contributed by atoms with E-state index in [1.807, 2.05) is 30.3 Å². The maximum Gasteiger partial charge on any atom is 0.256 e. The number of para-hydroxylation sites is 1. The van der Waals surface area contributed by atoms with Crippen molar-refractivity contribution >= 4 is 29.3 Å². The second kappa shape index (κ2) is 8.85. The Morgan fingerprint density at radius 1 is 0.833 bits per heavy atom. The second-order valence-corrected chi connectivity index (χ2v) is 8.04. The van der Waals surface area contributed by atoms with Crippen LogP contribution in [0.25, 0.3) is 0 Å². The van der Waals surface area contributed by atoms with E-state index in [0.29, 0.717) is 22.4 Å². The summed E-state index contributed by atoms with van der Waals surface area (Å²) in [5.41, 5.74) is 1.95. The Hall–Kier alpha value is -3.56. The van der Waals surface area contributed by atoms with Gasteiger partial charge in [-0.05, 0) is 49.2 Å². The van der Waals surface area contributed by atoms with Crippen molar-refractivity contribution in [3.8, 4) is 6.07 Å². The van der Waals surface area contributed by atoms with Crippen molar-refractivity contribution in [2.24, 2.45) is 0 Å². The van der Waals surface area contributed by atoms with Crippen LogP contribution in [0.5, 0.6) is 0 Å². The summed E-state index contributed by atoms with van der Waals surface area (Å²) in [7, 11) is 0. The van der Waals surface area contributed by atoms with Crippen LogP contribution in [0.4, 0.5) is 5.69 Å². The summed E-state index contributed by atoms with van der Waals surface area (Å²) < 4.78 is 0. The van der Waals surface area contributed by atoms with Crippen molar-refractivity contribution in [1.82, 2.24) is 5.32 Å². The van der Waals surface area contributed by atoms with Gasteiger partial charge in [0.15, 0.2) is 0 Å². The average molecular weight is 414 g/mol. The first-order valence-electron chi connectivity index (χ1n) is 9.63. The summed E-state index contributed by atoms with van der Waals surface area (Å²) >= 11 is 1.37. The van der Waals surface area contributed by atoms with Crippen LogP contribution < -0.4 is 10.6 Å². The van der Waals surface area contributed by atoms with Gasteiger partial charge < -0.3 is 10.6 Å². The molecule has 6 heteroatoms. The molecule has 3 aromatic rings. The smallest absolute Gasteiger partial charge is 0.256 e. The van der Waals surface area contributed by atoms with Gasteiger partial charge in [0.1, 0.15) is 6.07 Å². The van der Waals surface area contributed by atoms with Crippen molar-refractivity contribution < 1.29 is 9.59 Å². The van der Waals surface area contributed by atoms with Crippen LogP contribution in [0.1, 0.15) is 39.1 Å². The lowest BCUT2D eigenvalue weighted by Crippen LogP contribution is -2.27. The summed E-state index contributed by atoms with van der Waals surface area (Å²) in [5.74, 6) is -0.488. The fourth-order valence-corrected chi connectivity index (χ4v) is 4.00. The summed E-state index contributed by atoms with van der Waals surface area (Å²) in [4.78, 5) is 27.1. The Balaban J connectivity index is 1.58. The lowest BCUT2D eigenvalue weighted by atomic mass is 10.1. The average Bonchev–Trinajstić information content (AvgIpc) is 3.59. The zero-order chi connectivity index (χ0) is 20.9. The molecule has 4 rings (SSSR count). The Bertz CT molecular complexity index is 1150. The number of rotatable bonds is 6. The van der Waals surface area contributed by atoms with E-state index in [1.165, 1.54) is 11.8 Å². The summed E-state index contributed by atoms with van der Waals surface area (Å²) in [6.07, 6.45) is 1.99. The minimum atomic E-state index is -0.306. The Labute approximate surface area is 179 Å². The number of nitrogens with one attached hydrogen (secondary N) is 2. The number of carbonyl (C=O) groups excluding carboxylic acids is 2. The van der Waals surface area contributed by atoms with Crippen LogP contribution in [-0.2, 0) is 0 Å². The molecule has 3 aromatic carbocycles. The Morgan fingerprint density at radius 2 is 1.47 bits per heavy atom. The van der Waals surface area contributed by atoms with E-state index in [1.54, 1.807) is 42.5 Å². The predicted molar refractivity (Wildman–Crippen MR) is 117 cm³/mol. The highest BCUT2D eigenvalue weighted by molar-refractivity contribution is 7.99. The number of carbonyl (C=O) groups is 2. The number of hydrogen-bond donors (Lipinski definition) is 2. The van der Waals surface area contributed by atoms with Crippen LogP contribution in [-0.4, -0.2) is 17.9 Å². The quantitative estimate of drug-likeness (QED) is 0.605. The Morgan fingerprint density at radius 3 is 2.20 bits per heavy atom. The van der Waals surface area contributed by atoms with Gasteiger partial charge in [0.25, 0.3) is 11.8 Å². The highest BCUT2D eigenvalue weighted by Crippen LogP contribution is 2.33. The zero-order valence-electron chi connectivity index (χ0n) is 16.1. The lowest BCUT2D eigenvalue weighted by molar-refractivity contribution is 0.0952. The standard InChI is InChI=1S/C24H19N3O2S/c25-15-16-7-1-5-11-21(16)30-22-12-6-3-9-19(22)24(29)27-20-10-4-2-8-18(20)23(28)26-17-13-14-17/h1-12,17H,13-14H2,(H,26,28)(H,27,29). The first-order valence-corrected chi connectivity index (χ1v) is 10.4. The molecule has 2 amide bonds. The van der Waals surface area contributed by atoms with Gasteiger partial charge in [-0.15, -0.1) is 0 Å². The molecule has 0 bridgehead atoms. The molecule has 2 N–H and O–H groups in total. The number of hydrogen-bond acceptors (Lipinski definition) is 4. The highest BCUT2D eigenvalue weighted by atomic mass is 32.2. The molecular formula is C24H19N3O2S. The van der Waals surface area contributed by atoms with Crippen LogP contribution in [0.3, 0.4) is 0 Å². The van der Waals surface area contributed by atoms with E-state index in [4.69, 9.17) is 0 Å². The van der Waals surface area contributed by atoms with Crippen molar-refractivity contribution in [2.75, 3.05) is 5.32 Å². The topological polar surface area (TPSA) is 82.0 Å². The lowest BCUT2D eigenvalue weighted by Gasteiger charge is -2.13. The van der Waals surface area contributed by atoms with E-state index >= 15 is 0 Å². The van der Waals surface area contributed by atoms with Gasteiger partial charge in [0, 0.05) is 15.8 Å². The van der Waals surface area contributed by atoms with Gasteiger partial charge in [-0.25, -0.2) is 0 Å². The number of benzene rings is 3. The number of amides is 2. The summed E-state index contributed by atoms with van der Waals surface area (Å²) in [5, 5.41) is 15.2. The van der Waals surface area contributed by atoms with Crippen LogP contribution in [0, 0.1) is 11.3 Å². The molecule has 30 heavy (non-hydrogen) atoms. The molecule has 1 aliphatic carbocycles. The molecule has 0 atom stereocenters. The predicted octanol–water partition coefficient (Wildman–Crippen LogP) is 4.85. The minimum Gasteiger partial charge on any atom is -0.349 e. The molecule has 0 saturated heterocycles. The largest absolute Gasteiger partial charge is 0.349 e. The molecule has 1 aliphatic rings. The molecule has 0 unspecified atom stereocenters. The van der Waals surface area contributed by atoms with Crippen LogP contribution in [0.15, 0.2) is 82.6 Å². The van der Waals surface area contributed by atoms with Crippen molar-refractivity contribution in [1.29, 1.82) is 5.26 Å². The van der Waals surface area contributed by atoms with E-state index < -0.39 is 0 Å².